The highest BCUT2D eigenvalue weighted by Crippen LogP contribution is 2.33. The summed E-state index contributed by atoms with van der Waals surface area (Å²) in [7, 11) is 0. The number of imide groups is 2. The molecule has 5 amide bonds. The van der Waals surface area contributed by atoms with Crippen LogP contribution in [-0.2, 0) is 20.9 Å². The molecule has 0 aliphatic carbocycles. The van der Waals surface area contributed by atoms with E-state index in [0.29, 0.717) is 49.9 Å². The zero-order chi connectivity index (χ0) is 42.8. The average molecular weight is 830 g/mol. The molecule has 320 valence electrons. The van der Waals surface area contributed by atoms with Crippen LogP contribution in [0.3, 0.4) is 0 Å². The number of allylic oxidation sites excluding steroid dienone is 1. The SMILES string of the molecule is Cc1ccccc1/C(N)=C/C(=C(N)N)N1CC(Oc2cccc(CN3CCN(C(=O)CCC4CCN(c5ccc6c(c5)C(=O)N(C5CCC(=O)NC5=O)C6=O)CC4)CC3)c2)C1. The second kappa shape index (κ2) is 17.7. The van der Waals surface area contributed by atoms with E-state index < -0.39 is 29.7 Å². The zero-order valence-corrected chi connectivity index (χ0v) is 34.7. The molecule has 1 atom stereocenters. The fourth-order valence-electron chi connectivity index (χ4n) is 9.13. The van der Waals surface area contributed by atoms with E-state index in [1.165, 1.54) is 0 Å². The third-order valence-electron chi connectivity index (χ3n) is 12.7. The van der Waals surface area contributed by atoms with Crippen molar-refractivity contribution < 1.29 is 28.7 Å². The van der Waals surface area contributed by atoms with E-state index in [9.17, 15) is 24.0 Å². The summed E-state index contributed by atoms with van der Waals surface area (Å²) in [5.74, 6) is -0.350. The third-order valence-corrected chi connectivity index (χ3v) is 12.7. The number of benzene rings is 3. The lowest BCUT2D eigenvalue weighted by atomic mass is 9.91. The number of nitrogens with two attached hydrogens (primary N) is 3. The van der Waals surface area contributed by atoms with Crippen molar-refractivity contribution in [3.05, 3.63) is 112 Å². The van der Waals surface area contributed by atoms with Crippen LogP contribution in [0, 0.1) is 12.8 Å². The average Bonchev–Trinajstić information content (AvgIpc) is 3.48. The van der Waals surface area contributed by atoms with Crippen molar-refractivity contribution in [1.82, 2.24) is 24.9 Å². The maximum absolute atomic E-state index is 13.3. The van der Waals surface area contributed by atoms with E-state index in [1.54, 1.807) is 12.1 Å². The second-order valence-electron chi connectivity index (χ2n) is 16.9. The van der Waals surface area contributed by atoms with Crippen molar-refractivity contribution in [3.8, 4) is 5.75 Å². The molecule has 15 heteroatoms. The molecule has 1 unspecified atom stereocenters. The number of likely N-dealkylation sites (tertiary alicyclic amines) is 1. The van der Waals surface area contributed by atoms with E-state index in [2.05, 4.69) is 32.1 Å². The summed E-state index contributed by atoms with van der Waals surface area (Å²) in [6.45, 7) is 8.67. The van der Waals surface area contributed by atoms with Gasteiger partial charge in [-0.2, -0.15) is 0 Å². The summed E-state index contributed by atoms with van der Waals surface area (Å²) in [6.07, 6.45) is 5.26. The minimum atomic E-state index is -0.985. The summed E-state index contributed by atoms with van der Waals surface area (Å²) in [4.78, 5) is 73.4. The first-order chi connectivity index (χ1) is 29.4. The molecular formula is C46H55N9O6. The fraction of sp³-hybridized carbons (Fsp3) is 0.413. The molecule has 0 bridgehead atoms. The van der Waals surface area contributed by atoms with Crippen LogP contribution in [0.2, 0.25) is 0 Å². The van der Waals surface area contributed by atoms with Crippen molar-refractivity contribution in [2.45, 2.75) is 64.1 Å². The van der Waals surface area contributed by atoms with Crippen molar-refractivity contribution in [3.63, 3.8) is 0 Å². The number of carbonyl (C=O) groups excluding carboxylic acids is 5. The lowest BCUT2D eigenvalue weighted by Gasteiger charge is -2.41. The number of ether oxygens (including phenoxy) is 1. The second-order valence-corrected chi connectivity index (χ2v) is 16.9. The van der Waals surface area contributed by atoms with Crippen LogP contribution in [0.25, 0.3) is 5.70 Å². The molecule has 5 aliphatic heterocycles. The minimum Gasteiger partial charge on any atom is -0.487 e. The van der Waals surface area contributed by atoms with E-state index in [-0.39, 0.29) is 41.8 Å². The molecule has 3 aromatic rings. The lowest BCUT2D eigenvalue weighted by Crippen LogP contribution is -2.54. The molecule has 3 aromatic carbocycles. The van der Waals surface area contributed by atoms with E-state index in [0.717, 1.165) is 85.0 Å². The molecule has 4 fully saturated rings. The number of nitrogens with one attached hydrogen (secondary N) is 1. The quantitative estimate of drug-likeness (QED) is 0.154. The first-order valence-corrected chi connectivity index (χ1v) is 21.3. The van der Waals surface area contributed by atoms with Gasteiger partial charge in [0.25, 0.3) is 11.8 Å². The Hall–Kier alpha value is -6.35. The highest BCUT2D eigenvalue weighted by atomic mass is 16.5. The number of fused-ring (bicyclic) bond motifs is 1. The Morgan fingerprint density at radius 3 is 2.28 bits per heavy atom. The summed E-state index contributed by atoms with van der Waals surface area (Å²) in [5.41, 5.74) is 24.5. The Balaban J connectivity index is 0.747. The number of aryl methyl sites for hydroxylation is 1. The fourth-order valence-corrected chi connectivity index (χ4v) is 9.13. The molecule has 15 nitrogen and oxygen atoms in total. The van der Waals surface area contributed by atoms with Gasteiger partial charge in [0.1, 0.15) is 23.7 Å². The molecule has 5 aliphatic rings. The smallest absolute Gasteiger partial charge is 0.262 e. The van der Waals surface area contributed by atoms with Gasteiger partial charge in [-0.3, -0.25) is 39.1 Å². The van der Waals surface area contributed by atoms with E-state index in [4.69, 9.17) is 21.9 Å². The van der Waals surface area contributed by atoms with Gasteiger partial charge >= 0.3 is 0 Å². The van der Waals surface area contributed by atoms with Crippen LogP contribution >= 0.6 is 0 Å². The number of hydrogen-bond donors (Lipinski definition) is 4. The Labute approximate surface area is 356 Å². The van der Waals surface area contributed by atoms with Gasteiger partial charge in [-0.15, -0.1) is 0 Å². The predicted octanol–water partition coefficient (Wildman–Crippen LogP) is 2.89. The number of hydrogen-bond acceptors (Lipinski definition) is 12. The topological polar surface area (TPSA) is 201 Å². The van der Waals surface area contributed by atoms with Gasteiger partial charge in [-0.25, -0.2) is 0 Å². The van der Waals surface area contributed by atoms with Crippen molar-refractivity contribution in [2.24, 2.45) is 23.1 Å². The first kappa shape index (κ1) is 41.4. The molecule has 0 saturated carbocycles. The number of amides is 5. The van der Waals surface area contributed by atoms with Crippen LogP contribution in [0.1, 0.15) is 75.9 Å². The number of piperidine rings is 2. The number of nitrogens with zero attached hydrogens (tertiary/aromatic N) is 5. The van der Waals surface area contributed by atoms with Gasteiger partial charge < -0.3 is 36.6 Å². The minimum absolute atomic E-state index is 0.00820. The van der Waals surface area contributed by atoms with Crippen LogP contribution in [0.5, 0.6) is 5.75 Å². The summed E-state index contributed by atoms with van der Waals surface area (Å²) in [5, 5.41) is 2.24. The molecular weight excluding hydrogens is 775 g/mol. The third kappa shape index (κ3) is 9.07. The molecule has 8 rings (SSSR count). The number of piperazine rings is 1. The highest BCUT2D eigenvalue weighted by molar-refractivity contribution is 6.23. The van der Waals surface area contributed by atoms with Gasteiger partial charge in [0, 0.05) is 75.6 Å². The molecule has 0 aromatic heterocycles. The van der Waals surface area contributed by atoms with Crippen LogP contribution in [-0.4, -0.2) is 114 Å². The first-order valence-electron chi connectivity index (χ1n) is 21.3. The molecule has 0 radical (unpaired) electrons. The van der Waals surface area contributed by atoms with Crippen LogP contribution in [0.4, 0.5) is 5.69 Å². The Morgan fingerprint density at radius 1 is 0.820 bits per heavy atom. The van der Waals surface area contributed by atoms with Gasteiger partial charge in [0.2, 0.25) is 17.7 Å². The normalized spacial score (nSPS) is 20.4. The van der Waals surface area contributed by atoms with Gasteiger partial charge in [0.05, 0.1) is 29.9 Å². The predicted molar refractivity (Wildman–Crippen MR) is 230 cm³/mol. The van der Waals surface area contributed by atoms with Crippen molar-refractivity contribution in [1.29, 1.82) is 0 Å². The van der Waals surface area contributed by atoms with Crippen molar-refractivity contribution >= 4 is 40.9 Å². The van der Waals surface area contributed by atoms with Gasteiger partial charge in [-0.1, -0.05) is 36.4 Å². The molecule has 61 heavy (non-hydrogen) atoms. The Kier molecular flexibility index (Phi) is 12.0. The molecule has 0 spiro atoms. The molecule has 7 N–H and O–H groups in total. The maximum atomic E-state index is 13.3. The number of rotatable bonds is 12. The largest absolute Gasteiger partial charge is 0.487 e. The number of carbonyl (C=O) groups is 5. The van der Waals surface area contributed by atoms with Gasteiger partial charge in [0.15, 0.2) is 0 Å². The highest BCUT2D eigenvalue weighted by Gasteiger charge is 2.45. The monoisotopic (exact) mass is 829 g/mol. The Bertz CT molecular complexity index is 2270. The Morgan fingerprint density at radius 2 is 1.56 bits per heavy atom. The van der Waals surface area contributed by atoms with Gasteiger partial charge in [-0.05, 0) is 86.1 Å². The van der Waals surface area contributed by atoms with E-state index >= 15 is 0 Å². The van der Waals surface area contributed by atoms with Crippen molar-refractivity contribution in [2.75, 3.05) is 57.3 Å². The van der Waals surface area contributed by atoms with Crippen LogP contribution < -0.4 is 32.2 Å². The number of anilines is 1. The lowest BCUT2D eigenvalue weighted by molar-refractivity contribution is -0.136. The standard InChI is InChI=1S/C46H55N9O6/c1-29-5-2-3-8-35(29)38(47)25-40(43(48)49)54-27-34(28-54)61-33-7-4-6-31(23-33)26-51-19-21-53(22-20-51)42(57)14-9-30-15-17-52(18-16-30)32-10-11-36-37(24-32)46(60)55(45(36)59)39-12-13-41(56)50-44(39)58/h2-8,10-11,23-25,30,34,39H,9,12-22,26-28,47-49H2,1H3,(H,50,56,58)/b38-25-. The molecule has 4 saturated heterocycles. The van der Waals surface area contributed by atoms with E-state index in [1.807, 2.05) is 60.4 Å². The summed E-state index contributed by atoms with van der Waals surface area (Å²) < 4.78 is 6.34. The molecule has 5 heterocycles. The van der Waals surface area contributed by atoms with Crippen LogP contribution in [0.15, 0.2) is 84.3 Å². The summed E-state index contributed by atoms with van der Waals surface area (Å²) in [6, 6.07) is 20.4. The zero-order valence-electron chi connectivity index (χ0n) is 34.7. The maximum Gasteiger partial charge on any atom is 0.262 e. The summed E-state index contributed by atoms with van der Waals surface area (Å²) >= 11 is 0.